The van der Waals surface area contributed by atoms with Crippen LogP contribution in [0.1, 0.15) is 33.4 Å². The van der Waals surface area contributed by atoms with E-state index in [9.17, 15) is 14.4 Å². The Bertz CT molecular complexity index is 521. The fraction of sp³-hybridized carbons (Fsp3) is 0.643. The molecule has 1 rings (SSSR count). The van der Waals surface area contributed by atoms with Crippen LogP contribution in [0.25, 0.3) is 0 Å². The summed E-state index contributed by atoms with van der Waals surface area (Å²) in [4.78, 5) is 38.6. The first-order valence-corrected chi connectivity index (χ1v) is 6.88. The number of hydrogen-bond acceptors (Lipinski definition) is 3. The molecule has 0 saturated heterocycles. The van der Waals surface area contributed by atoms with Crippen molar-refractivity contribution in [1.29, 1.82) is 0 Å². The van der Waals surface area contributed by atoms with Gasteiger partial charge in [-0.25, -0.2) is 4.79 Å². The Kier molecular flexibility index (Phi) is 5.73. The van der Waals surface area contributed by atoms with Crippen molar-refractivity contribution in [1.82, 2.24) is 15.3 Å². The van der Waals surface area contributed by atoms with Gasteiger partial charge in [0.1, 0.15) is 0 Å². The van der Waals surface area contributed by atoms with E-state index in [4.69, 9.17) is 0 Å². The topological polar surface area (TPSA) is 94.8 Å². The summed E-state index contributed by atoms with van der Waals surface area (Å²) >= 11 is 0. The quantitative estimate of drug-likeness (QED) is 0.714. The first kappa shape index (κ1) is 16.2. The van der Waals surface area contributed by atoms with Crippen LogP contribution in [-0.2, 0) is 11.2 Å². The lowest BCUT2D eigenvalue weighted by atomic mass is 9.85. The van der Waals surface area contributed by atoms with Crippen LogP contribution in [0.15, 0.2) is 15.7 Å². The molecule has 112 valence electrons. The van der Waals surface area contributed by atoms with E-state index in [2.05, 4.69) is 43.0 Å². The predicted octanol–water partition coefficient (Wildman–Crippen LogP) is 0.650. The smallest absolute Gasteiger partial charge is 0.325 e. The van der Waals surface area contributed by atoms with E-state index in [-0.39, 0.29) is 12.3 Å². The van der Waals surface area contributed by atoms with Gasteiger partial charge >= 0.3 is 5.69 Å². The number of rotatable bonds is 6. The van der Waals surface area contributed by atoms with Crippen LogP contribution in [0, 0.1) is 17.8 Å². The standard InChI is InChI=1S/C14H23N3O3/c1-8(2)11(9(3)4)7-15-12(18)5-10-6-13(19)17-14(20)16-10/h6,8-9,11H,5,7H2,1-4H3,(H,15,18)(H2,16,17,19,20). The largest absolute Gasteiger partial charge is 0.355 e. The molecule has 1 heterocycles. The van der Waals surface area contributed by atoms with Crippen LogP contribution in [0.5, 0.6) is 0 Å². The molecule has 0 aliphatic rings. The summed E-state index contributed by atoms with van der Waals surface area (Å²) in [5.74, 6) is 1.17. The molecular weight excluding hydrogens is 258 g/mol. The van der Waals surface area contributed by atoms with Gasteiger partial charge in [0.05, 0.1) is 6.42 Å². The minimum atomic E-state index is -0.595. The summed E-state index contributed by atoms with van der Waals surface area (Å²) in [5, 5.41) is 2.86. The Hall–Kier alpha value is -1.85. The number of amides is 1. The highest BCUT2D eigenvalue weighted by molar-refractivity contribution is 5.78. The van der Waals surface area contributed by atoms with Crippen molar-refractivity contribution >= 4 is 5.91 Å². The molecule has 20 heavy (non-hydrogen) atoms. The maximum Gasteiger partial charge on any atom is 0.325 e. The molecule has 6 heteroatoms. The average molecular weight is 281 g/mol. The van der Waals surface area contributed by atoms with Crippen LogP contribution in [0.4, 0.5) is 0 Å². The van der Waals surface area contributed by atoms with Crippen LogP contribution >= 0.6 is 0 Å². The Morgan fingerprint density at radius 2 is 1.75 bits per heavy atom. The van der Waals surface area contributed by atoms with Crippen LogP contribution in [0.2, 0.25) is 0 Å². The third-order valence-electron chi connectivity index (χ3n) is 3.41. The lowest BCUT2D eigenvalue weighted by Crippen LogP contribution is -2.35. The minimum Gasteiger partial charge on any atom is -0.355 e. The summed E-state index contributed by atoms with van der Waals surface area (Å²) in [6.45, 7) is 9.12. The van der Waals surface area contributed by atoms with Gasteiger partial charge in [-0.05, 0) is 17.8 Å². The molecule has 0 spiro atoms. The maximum atomic E-state index is 11.8. The van der Waals surface area contributed by atoms with E-state index < -0.39 is 11.2 Å². The molecule has 0 bridgehead atoms. The second-order valence-electron chi connectivity index (χ2n) is 5.75. The third kappa shape index (κ3) is 5.03. The Morgan fingerprint density at radius 3 is 2.25 bits per heavy atom. The molecule has 0 unspecified atom stereocenters. The molecule has 0 atom stereocenters. The number of H-pyrrole nitrogens is 2. The highest BCUT2D eigenvalue weighted by Crippen LogP contribution is 2.19. The molecule has 0 aliphatic carbocycles. The van der Waals surface area contributed by atoms with Crippen LogP contribution in [0.3, 0.4) is 0 Å². The normalized spacial score (nSPS) is 11.3. The van der Waals surface area contributed by atoms with E-state index in [1.165, 1.54) is 6.07 Å². The number of hydrogen-bond donors (Lipinski definition) is 3. The van der Waals surface area contributed by atoms with Gasteiger partial charge in [-0.15, -0.1) is 0 Å². The number of aromatic nitrogens is 2. The van der Waals surface area contributed by atoms with Gasteiger partial charge in [-0.3, -0.25) is 14.6 Å². The van der Waals surface area contributed by atoms with Crippen molar-refractivity contribution < 1.29 is 4.79 Å². The van der Waals surface area contributed by atoms with Crippen molar-refractivity contribution in [2.75, 3.05) is 6.54 Å². The van der Waals surface area contributed by atoms with E-state index in [1.54, 1.807) is 0 Å². The molecule has 0 radical (unpaired) electrons. The molecule has 1 aromatic rings. The first-order chi connectivity index (χ1) is 9.29. The number of nitrogens with one attached hydrogen (secondary N) is 3. The van der Waals surface area contributed by atoms with E-state index in [0.717, 1.165) is 0 Å². The third-order valence-corrected chi connectivity index (χ3v) is 3.41. The molecular formula is C14H23N3O3. The van der Waals surface area contributed by atoms with Crippen molar-refractivity contribution in [3.05, 3.63) is 32.6 Å². The highest BCUT2D eigenvalue weighted by atomic mass is 16.2. The van der Waals surface area contributed by atoms with Crippen molar-refractivity contribution in [2.24, 2.45) is 17.8 Å². The van der Waals surface area contributed by atoms with Gasteiger partial charge in [0.15, 0.2) is 0 Å². The predicted molar refractivity (Wildman–Crippen MR) is 77.6 cm³/mol. The van der Waals surface area contributed by atoms with Gasteiger partial charge in [0, 0.05) is 18.3 Å². The van der Waals surface area contributed by atoms with Gasteiger partial charge in [0.25, 0.3) is 5.56 Å². The minimum absolute atomic E-state index is 0.00205. The number of carbonyl (C=O) groups excluding carboxylic acids is 1. The summed E-state index contributed by atoms with van der Waals surface area (Å²) in [5.41, 5.74) is -0.775. The van der Waals surface area contributed by atoms with E-state index in [1.807, 2.05) is 0 Å². The highest BCUT2D eigenvalue weighted by Gasteiger charge is 2.18. The first-order valence-electron chi connectivity index (χ1n) is 6.88. The summed E-state index contributed by atoms with van der Waals surface area (Å²) in [6, 6.07) is 1.23. The molecule has 1 amide bonds. The molecule has 1 aromatic heterocycles. The number of carbonyl (C=O) groups is 1. The molecule has 0 aliphatic heterocycles. The zero-order valence-electron chi connectivity index (χ0n) is 12.4. The van der Waals surface area contributed by atoms with Crippen molar-refractivity contribution in [3.8, 4) is 0 Å². The molecule has 0 aromatic carbocycles. The average Bonchev–Trinajstić information content (AvgIpc) is 2.26. The molecule has 0 saturated carbocycles. The van der Waals surface area contributed by atoms with Gasteiger partial charge in [-0.1, -0.05) is 27.7 Å². The second-order valence-corrected chi connectivity index (χ2v) is 5.75. The summed E-state index contributed by atoms with van der Waals surface area (Å²) in [7, 11) is 0. The van der Waals surface area contributed by atoms with Crippen molar-refractivity contribution in [2.45, 2.75) is 34.1 Å². The van der Waals surface area contributed by atoms with Gasteiger partial charge < -0.3 is 10.3 Å². The Balaban J connectivity index is 2.59. The van der Waals surface area contributed by atoms with Gasteiger partial charge in [-0.2, -0.15) is 0 Å². The maximum absolute atomic E-state index is 11.8. The Labute approximate surface area is 118 Å². The number of aromatic amines is 2. The Morgan fingerprint density at radius 1 is 1.15 bits per heavy atom. The summed E-state index contributed by atoms with van der Waals surface area (Å²) in [6.07, 6.45) is 0.00205. The summed E-state index contributed by atoms with van der Waals surface area (Å²) < 4.78 is 0. The monoisotopic (exact) mass is 281 g/mol. The van der Waals surface area contributed by atoms with Crippen LogP contribution < -0.4 is 16.6 Å². The lowest BCUT2D eigenvalue weighted by molar-refractivity contribution is -0.120. The molecule has 3 N–H and O–H groups in total. The van der Waals surface area contributed by atoms with E-state index >= 15 is 0 Å². The zero-order chi connectivity index (χ0) is 15.3. The second kappa shape index (κ2) is 7.07. The lowest BCUT2D eigenvalue weighted by Gasteiger charge is -2.25. The van der Waals surface area contributed by atoms with Gasteiger partial charge in [0.2, 0.25) is 5.91 Å². The zero-order valence-corrected chi connectivity index (χ0v) is 12.4. The SMILES string of the molecule is CC(C)C(CNC(=O)Cc1cc(=O)[nH]c(=O)[nH]1)C(C)C. The fourth-order valence-electron chi connectivity index (χ4n) is 2.32. The molecule has 0 fully saturated rings. The van der Waals surface area contributed by atoms with Crippen molar-refractivity contribution in [3.63, 3.8) is 0 Å². The fourth-order valence-corrected chi connectivity index (χ4v) is 2.32. The van der Waals surface area contributed by atoms with Crippen LogP contribution in [-0.4, -0.2) is 22.4 Å². The van der Waals surface area contributed by atoms with E-state index in [0.29, 0.717) is 30.0 Å². The molecule has 6 nitrogen and oxygen atoms in total.